The van der Waals surface area contributed by atoms with Crippen LogP contribution in [0.5, 0.6) is 0 Å². The number of hydrogen-bond acceptors (Lipinski definition) is 4. The molecule has 4 rings (SSSR count). The fourth-order valence-electron chi connectivity index (χ4n) is 5.10. The van der Waals surface area contributed by atoms with E-state index >= 15 is 0 Å². The first kappa shape index (κ1) is 29.3. The second-order valence-corrected chi connectivity index (χ2v) is 11.9. The lowest BCUT2D eigenvalue weighted by molar-refractivity contribution is -0.140. The van der Waals surface area contributed by atoms with E-state index in [4.69, 9.17) is 0 Å². The topological polar surface area (TPSA) is 86.8 Å². The van der Waals surface area contributed by atoms with E-state index in [1.807, 2.05) is 37.3 Å². The van der Waals surface area contributed by atoms with Gasteiger partial charge in [-0.1, -0.05) is 74.7 Å². The van der Waals surface area contributed by atoms with Crippen molar-refractivity contribution in [3.05, 3.63) is 96.3 Å². The van der Waals surface area contributed by atoms with Crippen LogP contribution in [0.4, 0.5) is 10.1 Å². The number of nitrogens with zero attached hydrogens (tertiary/aromatic N) is 2. The van der Waals surface area contributed by atoms with E-state index in [0.29, 0.717) is 12.1 Å². The van der Waals surface area contributed by atoms with Crippen molar-refractivity contribution in [3.8, 4) is 0 Å². The lowest BCUT2D eigenvalue weighted by Gasteiger charge is -2.34. The van der Waals surface area contributed by atoms with Gasteiger partial charge in [-0.15, -0.1) is 0 Å². The summed E-state index contributed by atoms with van der Waals surface area (Å²) in [6.07, 6.45) is 5.45. The Balaban J connectivity index is 1.67. The SMILES string of the molecule is CCC(C(=O)NC1CCCCC1)N(Cc1ccccc1)C(=O)CN(c1ccccc1)S(=O)(=O)c1ccc(F)cc1. The maximum absolute atomic E-state index is 14.0. The molecule has 2 amide bonds. The second-order valence-electron chi connectivity index (χ2n) is 10.1. The largest absolute Gasteiger partial charge is 0.352 e. The Morgan fingerprint density at radius 1 is 0.900 bits per heavy atom. The average molecular weight is 566 g/mol. The molecule has 3 aromatic carbocycles. The third-order valence-corrected chi connectivity index (χ3v) is 9.05. The molecule has 1 atom stereocenters. The maximum Gasteiger partial charge on any atom is 0.264 e. The molecule has 0 spiro atoms. The van der Waals surface area contributed by atoms with E-state index in [-0.39, 0.29) is 23.4 Å². The van der Waals surface area contributed by atoms with Gasteiger partial charge in [-0.05, 0) is 61.2 Å². The smallest absolute Gasteiger partial charge is 0.264 e. The molecular weight excluding hydrogens is 529 g/mol. The normalized spacial score (nSPS) is 14.8. The maximum atomic E-state index is 14.0. The molecule has 1 unspecified atom stereocenters. The average Bonchev–Trinajstić information content (AvgIpc) is 2.97. The van der Waals surface area contributed by atoms with E-state index in [9.17, 15) is 22.4 Å². The molecule has 0 radical (unpaired) electrons. The molecule has 0 aliphatic heterocycles. The van der Waals surface area contributed by atoms with Gasteiger partial charge in [0, 0.05) is 12.6 Å². The van der Waals surface area contributed by atoms with E-state index in [1.165, 1.54) is 17.0 Å². The molecular formula is C31H36FN3O4S. The summed E-state index contributed by atoms with van der Waals surface area (Å²) in [4.78, 5) is 28.9. The summed E-state index contributed by atoms with van der Waals surface area (Å²) in [7, 11) is -4.23. The number of halogens is 1. The van der Waals surface area contributed by atoms with Gasteiger partial charge in [0.05, 0.1) is 10.6 Å². The molecule has 1 saturated carbocycles. The molecule has 0 aromatic heterocycles. The van der Waals surface area contributed by atoms with Gasteiger partial charge in [0.2, 0.25) is 11.8 Å². The van der Waals surface area contributed by atoms with Gasteiger partial charge in [-0.2, -0.15) is 0 Å². The molecule has 1 fully saturated rings. The fraction of sp³-hybridized carbons (Fsp3) is 0.355. The fourth-order valence-corrected chi connectivity index (χ4v) is 6.51. The molecule has 0 saturated heterocycles. The number of nitrogens with one attached hydrogen (secondary N) is 1. The summed E-state index contributed by atoms with van der Waals surface area (Å²) in [5.41, 5.74) is 1.12. The van der Waals surface area contributed by atoms with Gasteiger partial charge in [-0.3, -0.25) is 13.9 Å². The Kier molecular flexibility index (Phi) is 9.93. The van der Waals surface area contributed by atoms with Crippen LogP contribution >= 0.6 is 0 Å². The summed E-state index contributed by atoms with van der Waals surface area (Å²) in [6, 6.07) is 21.4. The van der Waals surface area contributed by atoms with Gasteiger partial charge < -0.3 is 10.2 Å². The van der Waals surface area contributed by atoms with Gasteiger partial charge >= 0.3 is 0 Å². The number of carbonyl (C=O) groups excluding carboxylic acids is 2. The molecule has 1 aliphatic rings. The summed E-state index contributed by atoms with van der Waals surface area (Å²) in [5, 5.41) is 3.14. The van der Waals surface area contributed by atoms with Crippen LogP contribution < -0.4 is 9.62 Å². The zero-order valence-corrected chi connectivity index (χ0v) is 23.5. The third kappa shape index (κ3) is 7.27. The van der Waals surface area contributed by atoms with Crippen molar-refractivity contribution in [1.29, 1.82) is 0 Å². The highest BCUT2D eigenvalue weighted by Crippen LogP contribution is 2.25. The van der Waals surface area contributed by atoms with Crippen LogP contribution in [0.3, 0.4) is 0 Å². The van der Waals surface area contributed by atoms with Crippen molar-refractivity contribution in [2.45, 2.75) is 69.0 Å². The Morgan fingerprint density at radius 3 is 2.10 bits per heavy atom. The number of anilines is 1. The van der Waals surface area contributed by atoms with Crippen molar-refractivity contribution in [2.24, 2.45) is 0 Å². The molecule has 1 aliphatic carbocycles. The highest BCUT2D eigenvalue weighted by atomic mass is 32.2. The van der Waals surface area contributed by atoms with Gasteiger partial charge in [-0.25, -0.2) is 12.8 Å². The number of carbonyl (C=O) groups is 2. The summed E-state index contributed by atoms with van der Waals surface area (Å²) in [5.74, 6) is -1.31. The van der Waals surface area contributed by atoms with E-state index < -0.39 is 34.3 Å². The lowest BCUT2D eigenvalue weighted by atomic mass is 9.95. The Bertz CT molecular complexity index is 1360. The van der Waals surface area contributed by atoms with Gasteiger partial charge in [0.25, 0.3) is 10.0 Å². The number of amides is 2. The van der Waals surface area contributed by atoms with Crippen LogP contribution in [0.2, 0.25) is 0 Å². The van der Waals surface area contributed by atoms with Crippen molar-refractivity contribution in [2.75, 3.05) is 10.8 Å². The zero-order valence-electron chi connectivity index (χ0n) is 22.7. The molecule has 1 N–H and O–H groups in total. The van der Waals surface area contributed by atoms with Crippen LogP contribution in [-0.2, 0) is 26.2 Å². The second kappa shape index (κ2) is 13.6. The molecule has 0 heterocycles. The first-order chi connectivity index (χ1) is 19.3. The van der Waals surface area contributed by atoms with Gasteiger partial charge in [0.15, 0.2) is 0 Å². The van der Waals surface area contributed by atoms with Crippen molar-refractivity contribution >= 4 is 27.5 Å². The lowest BCUT2D eigenvalue weighted by Crippen LogP contribution is -2.54. The predicted molar refractivity (Wildman–Crippen MR) is 153 cm³/mol. The van der Waals surface area contributed by atoms with Crippen molar-refractivity contribution in [3.63, 3.8) is 0 Å². The van der Waals surface area contributed by atoms with Crippen molar-refractivity contribution < 1.29 is 22.4 Å². The van der Waals surface area contributed by atoms with Crippen LogP contribution in [-0.4, -0.2) is 43.8 Å². The van der Waals surface area contributed by atoms with Gasteiger partial charge in [0.1, 0.15) is 18.4 Å². The van der Waals surface area contributed by atoms with Crippen LogP contribution in [0.15, 0.2) is 89.8 Å². The predicted octanol–water partition coefficient (Wildman–Crippen LogP) is 5.28. The number of hydrogen-bond donors (Lipinski definition) is 1. The number of benzene rings is 3. The highest BCUT2D eigenvalue weighted by molar-refractivity contribution is 7.92. The van der Waals surface area contributed by atoms with Crippen molar-refractivity contribution in [1.82, 2.24) is 10.2 Å². The Hall–Kier alpha value is -3.72. The molecule has 40 heavy (non-hydrogen) atoms. The number of rotatable bonds is 11. The monoisotopic (exact) mass is 565 g/mol. The van der Waals surface area contributed by atoms with Crippen LogP contribution in [0.25, 0.3) is 0 Å². The van der Waals surface area contributed by atoms with E-state index in [2.05, 4.69) is 5.32 Å². The quantitative estimate of drug-likeness (QED) is 0.343. The first-order valence-electron chi connectivity index (χ1n) is 13.8. The third-order valence-electron chi connectivity index (χ3n) is 7.26. The molecule has 0 bridgehead atoms. The Morgan fingerprint density at radius 2 is 1.50 bits per heavy atom. The van der Waals surface area contributed by atoms with E-state index in [1.54, 1.807) is 30.3 Å². The van der Waals surface area contributed by atoms with Crippen LogP contribution in [0, 0.1) is 5.82 Å². The molecule has 3 aromatic rings. The minimum Gasteiger partial charge on any atom is -0.352 e. The van der Waals surface area contributed by atoms with Crippen LogP contribution in [0.1, 0.15) is 51.0 Å². The Labute approximate surface area is 236 Å². The minimum absolute atomic E-state index is 0.0728. The molecule has 212 valence electrons. The zero-order chi connectivity index (χ0) is 28.5. The summed E-state index contributed by atoms with van der Waals surface area (Å²) in [6.45, 7) is 1.47. The molecule has 9 heteroatoms. The van der Waals surface area contributed by atoms with E-state index in [0.717, 1.165) is 54.1 Å². The molecule has 7 nitrogen and oxygen atoms in total. The number of sulfonamides is 1. The standard InChI is InChI=1S/C31H36FN3O4S/c1-2-29(31(37)33-26-14-8-4-9-15-26)34(22-24-12-6-3-7-13-24)30(36)23-35(27-16-10-5-11-17-27)40(38,39)28-20-18-25(32)19-21-28/h3,5-7,10-13,16-21,26,29H,2,4,8-9,14-15,22-23H2,1H3,(H,33,37). The summed E-state index contributed by atoms with van der Waals surface area (Å²) < 4.78 is 42.1. The highest BCUT2D eigenvalue weighted by Gasteiger charge is 2.34. The minimum atomic E-state index is -4.23. The number of para-hydroxylation sites is 1. The summed E-state index contributed by atoms with van der Waals surface area (Å²) >= 11 is 0. The first-order valence-corrected chi connectivity index (χ1v) is 15.2.